The highest BCUT2D eigenvalue weighted by atomic mass is 35.5. The van der Waals surface area contributed by atoms with E-state index in [1.807, 2.05) is 27.7 Å². The molecule has 104 valence electrons. The van der Waals surface area contributed by atoms with Crippen LogP contribution in [0.3, 0.4) is 0 Å². The zero-order valence-corrected chi connectivity index (χ0v) is 12.0. The molecular weight excluding hydrogens is 274 g/mol. The molecule has 1 fully saturated rings. The summed E-state index contributed by atoms with van der Waals surface area (Å²) in [5.74, 6) is 0. The molecule has 3 nitrogen and oxygen atoms in total. The maximum Gasteiger partial charge on any atom is 0.516 e. The van der Waals surface area contributed by atoms with Gasteiger partial charge in [0.15, 0.2) is 0 Å². The summed E-state index contributed by atoms with van der Waals surface area (Å²) in [5.41, 5.74) is -1.28. The standard InChI is InChI=1S/C12H15BClF2NO2/c1-11(2)12(3,4)19-13(18-11)9-7(14)5-6-8(17-9)10(15)16/h5-6,10H,1-4H3. The molecule has 1 aliphatic heterocycles. The Labute approximate surface area is 116 Å². The van der Waals surface area contributed by atoms with Crippen molar-refractivity contribution in [1.29, 1.82) is 0 Å². The summed E-state index contributed by atoms with van der Waals surface area (Å²) in [7, 11) is -0.837. The molecule has 2 heterocycles. The van der Waals surface area contributed by atoms with Crippen molar-refractivity contribution in [2.75, 3.05) is 0 Å². The van der Waals surface area contributed by atoms with Gasteiger partial charge in [0.2, 0.25) is 0 Å². The molecule has 0 aliphatic carbocycles. The summed E-state index contributed by atoms with van der Waals surface area (Å²) in [6, 6.07) is 2.58. The number of halogens is 3. The number of aromatic nitrogens is 1. The maximum atomic E-state index is 12.7. The highest BCUT2D eigenvalue weighted by molar-refractivity contribution is 6.64. The Kier molecular flexibility index (Phi) is 3.62. The van der Waals surface area contributed by atoms with Gasteiger partial charge in [0, 0.05) is 0 Å². The number of rotatable bonds is 2. The largest absolute Gasteiger partial charge is 0.516 e. The fourth-order valence-corrected chi connectivity index (χ4v) is 1.91. The monoisotopic (exact) mass is 289 g/mol. The van der Waals surface area contributed by atoms with Crippen LogP contribution in [0, 0.1) is 0 Å². The topological polar surface area (TPSA) is 31.4 Å². The van der Waals surface area contributed by atoms with Gasteiger partial charge in [-0.1, -0.05) is 11.6 Å². The lowest BCUT2D eigenvalue weighted by Crippen LogP contribution is -2.41. The van der Waals surface area contributed by atoms with Gasteiger partial charge in [0.05, 0.1) is 21.8 Å². The molecule has 1 aromatic rings. The lowest BCUT2D eigenvalue weighted by Gasteiger charge is -2.32. The summed E-state index contributed by atoms with van der Waals surface area (Å²) in [6.45, 7) is 7.49. The SMILES string of the molecule is CC1(C)OB(c2nc(C(F)F)ccc2Cl)OC1(C)C. The molecule has 0 atom stereocenters. The third kappa shape index (κ3) is 2.62. The molecule has 0 saturated carbocycles. The Hall–Kier alpha value is -0.715. The molecule has 0 spiro atoms. The molecule has 0 amide bonds. The summed E-state index contributed by atoms with van der Waals surface area (Å²) in [4.78, 5) is 3.85. The first-order valence-electron chi connectivity index (χ1n) is 5.94. The molecule has 7 heteroatoms. The molecule has 0 bridgehead atoms. The Morgan fingerprint density at radius 1 is 1.16 bits per heavy atom. The van der Waals surface area contributed by atoms with Gasteiger partial charge >= 0.3 is 7.12 Å². The Bertz CT molecular complexity index is 481. The van der Waals surface area contributed by atoms with E-state index in [0.29, 0.717) is 0 Å². The fraction of sp³-hybridized carbons (Fsp3) is 0.583. The van der Waals surface area contributed by atoms with Gasteiger partial charge in [-0.15, -0.1) is 0 Å². The van der Waals surface area contributed by atoms with E-state index >= 15 is 0 Å². The zero-order valence-electron chi connectivity index (χ0n) is 11.2. The Morgan fingerprint density at radius 2 is 1.68 bits per heavy atom. The van der Waals surface area contributed by atoms with Gasteiger partial charge in [-0.2, -0.15) is 0 Å². The van der Waals surface area contributed by atoms with Crippen molar-refractivity contribution in [3.63, 3.8) is 0 Å². The molecule has 1 aliphatic rings. The van der Waals surface area contributed by atoms with Crippen LogP contribution in [0.4, 0.5) is 8.78 Å². The van der Waals surface area contributed by atoms with Crippen LogP contribution in [0.15, 0.2) is 12.1 Å². The first-order chi connectivity index (χ1) is 8.64. The van der Waals surface area contributed by atoms with E-state index in [0.717, 1.165) is 0 Å². The number of hydrogen-bond donors (Lipinski definition) is 0. The molecule has 1 aromatic heterocycles. The summed E-state index contributed by atoms with van der Waals surface area (Å²) in [6.07, 6.45) is -2.65. The highest BCUT2D eigenvalue weighted by Crippen LogP contribution is 2.36. The van der Waals surface area contributed by atoms with Crippen LogP contribution in [-0.2, 0) is 9.31 Å². The number of hydrogen-bond acceptors (Lipinski definition) is 3. The van der Waals surface area contributed by atoms with Crippen molar-refractivity contribution in [2.45, 2.75) is 45.3 Å². The molecule has 0 unspecified atom stereocenters. The zero-order chi connectivity index (χ0) is 14.4. The lowest BCUT2D eigenvalue weighted by atomic mass is 9.84. The van der Waals surface area contributed by atoms with Crippen molar-refractivity contribution in [2.24, 2.45) is 0 Å². The number of nitrogens with zero attached hydrogens (tertiary/aromatic N) is 1. The Morgan fingerprint density at radius 3 is 2.16 bits per heavy atom. The second-order valence-corrected chi connectivity index (χ2v) is 5.90. The summed E-state index contributed by atoms with van der Waals surface area (Å²) in [5, 5.41) is 0.253. The third-order valence-electron chi connectivity index (χ3n) is 3.59. The fourth-order valence-electron chi connectivity index (χ4n) is 1.72. The molecule has 2 rings (SSSR count). The molecule has 0 radical (unpaired) electrons. The Balaban J connectivity index is 2.36. The molecule has 1 saturated heterocycles. The van der Waals surface area contributed by atoms with Crippen LogP contribution < -0.4 is 5.59 Å². The first-order valence-corrected chi connectivity index (χ1v) is 6.32. The average molecular weight is 290 g/mol. The normalized spacial score (nSPS) is 21.2. The van der Waals surface area contributed by atoms with Crippen LogP contribution in [0.25, 0.3) is 0 Å². The third-order valence-corrected chi connectivity index (χ3v) is 3.91. The van der Waals surface area contributed by atoms with Gasteiger partial charge < -0.3 is 9.31 Å². The smallest absolute Gasteiger partial charge is 0.398 e. The van der Waals surface area contributed by atoms with Gasteiger partial charge in [-0.25, -0.2) is 8.78 Å². The van der Waals surface area contributed by atoms with E-state index in [1.165, 1.54) is 12.1 Å². The summed E-state index contributed by atoms with van der Waals surface area (Å²) >= 11 is 6.00. The average Bonchev–Trinajstić information content (AvgIpc) is 2.48. The second kappa shape index (κ2) is 4.68. The van der Waals surface area contributed by atoms with Crippen molar-refractivity contribution in [3.05, 3.63) is 22.8 Å². The van der Waals surface area contributed by atoms with Crippen LogP contribution in [0.5, 0.6) is 0 Å². The minimum absolute atomic E-state index is 0.193. The molecule has 0 N–H and O–H groups in total. The lowest BCUT2D eigenvalue weighted by molar-refractivity contribution is 0.00578. The van der Waals surface area contributed by atoms with E-state index in [-0.39, 0.29) is 16.3 Å². The van der Waals surface area contributed by atoms with Crippen molar-refractivity contribution in [1.82, 2.24) is 4.98 Å². The van der Waals surface area contributed by atoms with Gasteiger partial charge in [-0.3, -0.25) is 4.98 Å². The minimum Gasteiger partial charge on any atom is -0.398 e. The quantitative estimate of drug-likeness (QED) is 0.784. The summed E-state index contributed by atoms with van der Waals surface area (Å²) < 4.78 is 36.9. The second-order valence-electron chi connectivity index (χ2n) is 5.49. The van der Waals surface area contributed by atoms with E-state index in [1.54, 1.807) is 0 Å². The van der Waals surface area contributed by atoms with Crippen LogP contribution in [0.2, 0.25) is 5.02 Å². The predicted octanol–water partition coefficient (Wildman–Crippen LogP) is 2.97. The molecule has 0 aromatic carbocycles. The van der Waals surface area contributed by atoms with E-state index in [9.17, 15) is 8.78 Å². The first kappa shape index (κ1) is 14.7. The maximum absolute atomic E-state index is 12.7. The van der Waals surface area contributed by atoms with E-state index in [2.05, 4.69) is 4.98 Å². The highest BCUT2D eigenvalue weighted by Gasteiger charge is 2.53. The minimum atomic E-state index is -2.65. The number of alkyl halides is 2. The molecular formula is C12H15BClF2NO2. The predicted molar refractivity (Wildman–Crippen MR) is 69.9 cm³/mol. The van der Waals surface area contributed by atoms with Crippen molar-refractivity contribution in [3.8, 4) is 0 Å². The van der Waals surface area contributed by atoms with E-state index in [4.69, 9.17) is 20.9 Å². The van der Waals surface area contributed by atoms with Crippen molar-refractivity contribution < 1.29 is 18.1 Å². The van der Waals surface area contributed by atoms with Crippen LogP contribution >= 0.6 is 11.6 Å². The number of pyridine rings is 1. The molecule has 19 heavy (non-hydrogen) atoms. The van der Waals surface area contributed by atoms with Crippen LogP contribution in [-0.4, -0.2) is 23.3 Å². The van der Waals surface area contributed by atoms with Gasteiger partial charge in [-0.05, 0) is 39.8 Å². The van der Waals surface area contributed by atoms with E-state index < -0.39 is 24.7 Å². The van der Waals surface area contributed by atoms with Crippen molar-refractivity contribution >= 4 is 24.3 Å². The van der Waals surface area contributed by atoms with Gasteiger partial charge in [0.25, 0.3) is 6.43 Å². The van der Waals surface area contributed by atoms with Gasteiger partial charge in [0.1, 0.15) is 5.69 Å². The van der Waals surface area contributed by atoms with Crippen LogP contribution in [0.1, 0.15) is 39.8 Å².